The lowest BCUT2D eigenvalue weighted by atomic mass is 10.1. The lowest BCUT2D eigenvalue weighted by Gasteiger charge is -2.21. The second-order valence-corrected chi connectivity index (χ2v) is 5.39. The first-order valence-electron chi connectivity index (χ1n) is 7.47. The average Bonchev–Trinajstić information content (AvgIpc) is 2.54. The van der Waals surface area contributed by atoms with Gasteiger partial charge < -0.3 is 10.1 Å². The highest BCUT2D eigenvalue weighted by atomic mass is 16.6. The molecule has 0 bridgehead atoms. The number of carbonyl (C=O) groups excluding carboxylic acids is 2. The molecule has 5 heteroatoms. The number of amides is 2. The largest absolute Gasteiger partial charge is 0.419 e. The molecule has 0 atom stereocenters. The maximum Gasteiger partial charge on any atom is 0.419 e. The van der Waals surface area contributed by atoms with Crippen LogP contribution in [0.25, 0.3) is 0 Å². The van der Waals surface area contributed by atoms with E-state index in [-0.39, 0.29) is 5.91 Å². The average molecular weight is 324 g/mol. The Bertz CT molecular complexity index is 764. The summed E-state index contributed by atoms with van der Waals surface area (Å²) in [4.78, 5) is 25.2. The van der Waals surface area contributed by atoms with Crippen LogP contribution in [0.15, 0.2) is 55.1 Å². The molecule has 124 valence electrons. The van der Waals surface area contributed by atoms with E-state index in [1.165, 1.54) is 11.0 Å². The topological polar surface area (TPSA) is 58.6 Å². The third-order valence-corrected chi connectivity index (χ3v) is 3.54. The van der Waals surface area contributed by atoms with Crippen molar-refractivity contribution in [3.8, 4) is 5.75 Å². The van der Waals surface area contributed by atoms with E-state index in [0.29, 0.717) is 11.4 Å². The van der Waals surface area contributed by atoms with Crippen LogP contribution in [0, 0.1) is 13.8 Å². The molecule has 0 heterocycles. The van der Waals surface area contributed by atoms with Gasteiger partial charge in [-0.15, -0.1) is 0 Å². The highest BCUT2D eigenvalue weighted by Gasteiger charge is 2.17. The fourth-order valence-electron chi connectivity index (χ4n) is 2.43. The molecule has 2 aromatic rings. The standard InChI is InChI=1S/C19H20N2O3/c1-5-17(22)20-15-10-7-11-16(12-15)24-19(23)21(4)18-13(2)8-6-9-14(18)3/h5-12H,1H2,2-4H3,(H,20,22). The molecule has 0 radical (unpaired) electrons. The SMILES string of the molecule is C=CC(=O)Nc1cccc(OC(=O)N(C)c2c(C)cccc2C)c1. The van der Waals surface area contributed by atoms with Crippen LogP contribution >= 0.6 is 0 Å². The second kappa shape index (κ2) is 7.46. The Hall–Kier alpha value is -3.08. The predicted molar refractivity (Wildman–Crippen MR) is 95.6 cm³/mol. The van der Waals surface area contributed by atoms with E-state index in [9.17, 15) is 9.59 Å². The summed E-state index contributed by atoms with van der Waals surface area (Å²) in [6.45, 7) is 7.28. The van der Waals surface area contributed by atoms with Crippen molar-refractivity contribution in [1.82, 2.24) is 0 Å². The van der Waals surface area contributed by atoms with Crippen LogP contribution in [-0.4, -0.2) is 19.0 Å². The first kappa shape index (κ1) is 17.3. The third-order valence-electron chi connectivity index (χ3n) is 3.54. The zero-order valence-corrected chi connectivity index (χ0v) is 14.0. The van der Waals surface area contributed by atoms with Crippen molar-refractivity contribution in [3.63, 3.8) is 0 Å². The Kier molecular flexibility index (Phi) is 5.37. The highest BCUT2D eigenvalue weighted by molar-refractivity contribution is 5.99. The number of hydrogen-bond acceptors (Lipinski definition) is 3. The molecule has 2 rings (SSSR count). The van der Waals surface area contributed by atoms with E-state index in [4.69, 9.17) is 4.74 Å². The summed E-state index contributed by atoms with van der Waals surface area (Å²) in [7, 11) is 1.67. The van der Waals surface area contributed by atoms with Crippen LogP contribution in [0.1, 0.15) is 11.1 Å². The minimum absolute atomic E-state index is 0.328. The molecule has 0 aliphatic carbocycles. The molecule has 0 unspecified atom stereocenters. The number of aryl methyl sites for hydroxylation is 2. The molecule has 1 N–H and O–H groups in total. The Morgan fingerprint density at radius 3 is 2.38 bits per heavy atom. The van der Waals surface area contributed by atoms with E-state index < -0.39 is 6.09 Å². The Morgan fingerprint density at radius 2 is 1.75 bits per heavy atom. The normalized spacial score (nSPS) is 9.96. The van der Waals surface area contributed by atoms with E-state index in [2.05, 4.69) is 11.9 Å². The molecular weight excluding hydrogens is 304 g/mol. The number of nitrogens with one attached hydrogen (secondary N) is 1. The molecule has 0 aromatic heterocycles. The molecule has 0 aliphatic heterocycles. The van der Waals surface area contributed by atoms with Gasteiger partial charge in [-0.2, -0.15) is 0 Å². The Morgan fingerprint density at radius 1 is 1.12 bits per heavy atom. The molecule has 2 amide bonds. The number of anilines is 2. The van der Waals surface area contributed by atoms with Gasteiger partial charge in [0.2, 0.25) is 5.91 Å². The molecule has 0 fully saturated rings. The molecule has 0 saturated heterocycles. The van der Waals surface area contributed by atoms with Crippen LogP contribution < -0.4 is 15.0 Å². The van der Waals surface area contributed by atoms with Crippen molar-refractivity contribution < 1.29 is 14.3 Å². The maximum absolute atomic E-state index is 12.4. The summed E-state index contributed by atoms with van der Waals surface area (Å²) >= 11 is 0. The van der Waals surface area contributed by atoms with Gasteiger partial charge in [0.15, 0.2) is 0 Å². The lowest BCUT2D eigenvalue weighted by molar-refractivity contribution is -0.111. The van der Waals surface area contributed by atoms with Gasteiger partial charge in [0.25, 0.3) is 0 Å². The van der Waals surface area contributed by atoms with Crippen LogP contribution in [0.5, 0.6) is 5.75 Å². The van der Waals surface area contributed by atoms with Crippen LogP contribution in [0.4, 0.5) is 16.2 Å². The van der Waals surface area contributed by atoms with Crippen molar-refractivity contribution in [2.75, 3.05) is 17.3 Å². The molecule has 2 aromatic carbocycles. The summed E-state index contributed by atoms with van der Waals surface area (Å²) in [6.07, 6.45) is 0.674. The smallest absolute Gasteiger partial charge is 0.410 e. The van der Waals surface area contributed by atoms with Gasteiger partial charge >= 0.3 is 6.09 Å². The van der Waals surface area contributed by atoms with E-state index >= 15 is 0 Å². The van der Waals surface area contributed by atoms with Gasteiger partial charge in [0.05, 0.1) is 5.69 Å². The van der Waals surface area contributed by atoms with E-state index in [0.717, 1.165) is 16.8 Å². The quantitative estimate of drug-likeness (QED) is 0.863. The lowest BCUT2D eigenvalue weighted by Crippen LogP contribution is -2.30. The molecule has 5 nitrogen and oxygen atoms in total. The minimum atomic E-state index is -0.500. The van der Waals surface area contributed by atoms with Gasteiger partial charge in [-0.1, -0.05) is 30.8 Å². The zero-order chi connectivity index (χ0) is 17.7. The van der Waals surface area contributed by atoms with Crippen molar-refractivity contribution in [2.24, 2.45) is 0 Å². The van der Waals surface area contributed by atoms with Gasteiger partial charge in [-0.3, -0.25) is 9.69 Å². The van der Waals surface area contributed by atoms with Crippen molar-refractivity contribution in [3.05, 3.63) is 66.2 Å². The highest BCUT2D eigenvalue weighted by Crippen LogP contribution is 2.25. The Labute approximate surface area is 141 Å². The number of rotatable bonds is 4. The van der Waals surface area contributed by atoms with Crippen LogP contribution in [-0.2, 0) is 4.79 Å². The first-order chi connectivity index (χ1) is 11.4. The van der Waals surface area contributed by atoms with Crippen LogP contribution in [0.2, 0.25) is 0 Å². The number of para-hydroxylation sites is 1. The summed E-state index contributed by atoms with van der Waals surface area (Å²) in [5.74, 6) is 0.0195. The van der Waals surface area contributed by atoms with Crippen molar-refractivity contribution >= 4 is 23.4 Å². The van der Waals surface area contributed by atoms with Gasteiger partial charge in [-0.05, 0) is 43.2 Å². The van der Waals surface area contributed by atoms with Gasteiger partial charge in [0, 0.05) is 18.8 Å². The summed E-state index contributed by atoms with van der Waals surface area (Å²) < 4.78 is 5.41. The summed E-state index contributed by atoms with van der Waals surface area (Å²) in [5.41, 5.74) is 3.32. The Balaban J connectivity index is 2.16. The van der Waals surface area contributed by atoms with Crippen LogP contribution in [0.3, 0.4) is 0 Å². The van der Waals surface area contributed by atoms with E-state index in [1.54, 1.807) is 31.3 Å². The molecular formula is C19H20N2O3. The third kappa shape index (κ3) is 4.01. The fraction of sp³-hybridized carbons (Fsp3) is 0.158. The second-order valence-electron chi connectivity index (χ2n) is 5.39. The van der Waals surface area contributed by atoms with Crippen molar-refractivity contribution in [2.45, 2.75) is 13.8 Å². The zero-order valence-electron chi connectivity index (χ0n) is 14.0. The molecule has 24 heavy (non-hydrogen) atoms. The number of ether oxygens (including phenoxy) is 1. The number of benzene rings is 2. The monoisotopic (exact) mass is 324 g/mol. The molecule has 0 saturated carbocycles. The first-order valence-corrected chi connectivity index (χ1v) is 7.47. The number of hydrogen-bond donors (Lipinski definition) is 1. The number of nitrogens with zero attached hydrogens (tertiary/aromatic N) is 1. The number of carbonyl (C=O) groups is 2. The van der Waals surface area contributed by atoms with Gasteiger partial charge in [0.1, 0.15) is 5.75 Å². The van der Waals surface area contributed by atoms with Gasteiger partial charge in [-0.25, -0.2) is 4.79 Å². The van der Waals surface area contributed by atoms with Crippen molar-refractivity contribution in [1.29, 1.82) is 0 Å². The predicted octanol–water partition coefficient (Wildman–Crippen LogP) is 4.06. The molecule has 0 spiro atoms. The fourth-order valence-corrected chi connectivity index (χ4v) is 2.43. The summed E-state index contributed by atoms with van der Waals surface area (Å²) in [6, 6.07) is 12.5. The summed E-state index contributed by atoms with van der Waals surface area (Å²) in [5, 5.41) is 2.62. The maximum atomic E-state index is 12.4. The molecule has 0 aliphatic rings. The van der Waals surface area contributed by atoms with E-state index in [1.807, 2.05) is 32.0 Å². The minimum Gasteiger partial charge on any atom is -0.410 e.